The van der Waals surface area contributed by atoms with Gasteiger partial charge in [-0.2, -0.15) is 0 Å². The van der Waals surface area contributed by atoms with E-state index in [0.29, 0.717) is 23.6 Å². The largest absolute Gasteiger partial charge is 0.497 e. The highest BCUT2D eigenvalue weighted by atomic mass is 16.5. The molecule has 1 saturated carbocycles. The van der Waals surface area contributed by atoms with Crippen LogP contribution in [-0.4, -0.2) is 31.8 Å². The summed E-state index contributed by atoms with van der Waals surface area (Å²) in [7, 11) is 1.57. The van der Waals surface area contributed by atoms with Crippen molar-refractivity contribution in [2.75, 3.05) is 19.5 Å². The first-order valence-electron chi connectivity index (χ1n) is 7.26. The number of anilines is 1. The van der Waals surface area contributed by atoms with Crippen LogP contribution in [0.1, 0.15) is 37.6 Å². The number of nitrogens with one attached hydrogen (secondary N) is 1. The van der Waals surface area contributed by atoms with E-state index in [9.17, 15) is 4.79 Å². The number of amides is 1. The van der Waals surface area contributed by atoms with E-state index in [2.05, 4.69) is 19.2 Å². The molecule has 0 heterocycles. The second kappa shape index (κ2) is 5.93. The Hall–Kier alpha value is -1.75. The molecule has 5 heteroatoms. The second-order valence-corrected chi connectivity index (χ2v) is 5.98. The van der Waals surface area contributed by atoms with E-state index >= 15 is 0 Å². The van der Waals surface area contributed by atoms with Crippen LogP contribution >= 0.6 is 0 Å². The van der Waals surface area contributed by atoms with Crippen molar-refractivity contribution in [2.45, 2.75) is 39.3 Å². The minimum Gasteiger partial charge on any atom is -0.497 e. The third-order valence-electron chi connectivity index (χ3n) is 4.35. The van der Waals surface area contributed by atoms with Crippen LogP contribution in [0.3, 0.4) is 0 Å². The molecule has 0 bridgehead atoms. The topological polar surface area (TPSA) is 73.6 Å². The van der Waals surface area contributed by atoms with Gasteiger partial charge in [-0.3, -0.25) is 4.79 Å². The van der Waals surface area contributed by atoms with Gasteiger partial charge in [-0.1, -0.05) is 13.8 Å². The van der Waals surface area contributed by atoms with Gasteiger partial charge in [0.2, 0.25) is 0 Å². The van der Waals surface area contributed by atoms with Crippen molar-refractivity contribution in [1.29, 1.82) is 0 Å². The molecule has 0 aliphatic heterocycles. The highest BCUT2D eigenvalue weighted by molar-refractivity contribution is 5.99. The highest BCUT2D eigenvalue weighted by Crippen LogP contribution is 2.42. The predicted octanol–water partition coefficient (Wildman–Crippen LogP) is 2.21. The van der Waals surface area contributed by atoms with Crippen LogP contribution in [0.5, 0.6) is 5.75 Å². The number of methoxy groups -OCH3 is 1. The molecule has 1 amide bonds. The third kappa shape index (κ3) is 2.97. The summed E-state index contributed by atoms with van der Waals surface area (Å²) < 4.78 is 10.8. The molecule has 3 N–H and O–H groups in total. The maximum atomic E-state index is 12.3. The highest BCUT2D eigenvalue weighted by Gasteiger charge is 2.49. The molecule has 1 aromatic carbocycles. The average molecular weight is 292 g/mol. The molecule has 1 aliphatic rings. The number of ether oxygens (including phenoxy) is 2. The third-order valence-corrected chi connectivity index (χ3v) is 4.35. The molecule has 1 fully saturated rings. The molecular weight excluding hydrogens is 268 g/mol. The summed E-state index contributed by atoms with van der Waals surface area (Å²) in [4.78, 5) is 12.3. The van der Waals surface area contributed by atoms with Crippen LogP contribution in [0.4, 0.5) is 5.69 Å². The molecule has 1 aromatic rings. The summed E-state index contributed by atoms with van der Waals surface area (Å²) in [5.41, 5.74) is 6.75. The second-order valence-electron chi connectivity index (χ2n) is 5.98. The molecule has 2 atom stereocenters. The number of hydrogen-bond acceptors (Lipinski definition) is 4. The molecule has 0 saturated heterocycles. The lowest BCUT2D eigenvalue weighted by molar-refractivity contribution is -0.111. The fourth-order valence-corrected chi connectivity index (χ4v) is 2.72. The monoisotopic (exact) mass is 292 g/mol. The Morgan fingerprint density at radius 3 is 2.71 bits per heavy atom. The van der Waals surface area contributed by atoms with Crippen LogP contribution in [-0.2, 0) is 4.74 Å². The zero-order valence-corrected chi connectivity index (χ0v) is 13.1. The zero-order chi connectivity index (χ0) is 15.6. The average Bonchev–Trinajstić information content (AvgIpc) is 2.45. The molecule has 21 heavy (non-hydrogen) atoms. The Balaban J connectivity index is 2.03. The number of carbonyl (C=O) groups excluding carboxylic acids is 1. The van der Waals surface area contributed by atoms with E-state index < -0.39 is 0 Å². The van der Waals surface area contributed by atoms with E-state index in [-0.39, 0.29) is 23.5 Å². The number of carbonyl (C=O) groups is 1. The molecule has 1 aliphatic carbocycles. The van der Waals surface area contributed by atoms with Gasteiger partial charge in [0.1, 0.15) is 5.75 Å². The molecule has 2 rings (SSSR count). The van der Waals surface area contributed by atoms with Crippen LogP contribution in [0.2, 0.25) is 0 Å². The van der Waals surface area contributed by atoms with E-state index in [4.69, 9.17) is 15.2 Å². The lowest BCUT2D eigenvalue weighted by Crippen LogP contribution is -2.62. The van der Waals surface area contributed by atoms with Gasteiger partial charge in [-0.15, -0.1) is 0 Å². The number of hydrogen-bond donors (Lipinski definition) is 2. The van der Waals surface area contributed by atoms with Crippen LogP contribution in [0.25, 0.3) is 0 Å². The molecule has 116 valence electrons. The number of nitrogens with two attached hydrogens (primary N) is 1. The summed E-state index contributed by atoms with van der Waals surface area (Å²) in [5.74, 6) is 0.493. The van der Waals surface area contributed by atoms with Crippen molar-refractivity contribution in [3.05, 3.63) is 23.8 Å². The summed E-state index contributed by atoms with van der Waals surface area (Å²) >= 11 is 0. The summed E-state index contributed by atoms with van der Waals surface area (Å²) in [6.45, 7) is 6.90. The van der Waals surface area contributed by atoms with E-state index in [0.717, 1.165) is 6.42 Å². The number of benzene rings is 1. The minimum absolute atomic E-state index is 0.0626. The Labute approximate surface area is 125 Å². The molecule has 5 nitrogen and oxygen atoms in total. The first-order valence-corrected chi connectivity index (χ1v) is 7.26. The fraction of sp³-hybridized carbons (Fsp3) is 0.562. The maximum absolute atomic E-state index is 12.3. The van der Waals surface area contributed by atoms with Crippen molar-refractivity contribution in [3.63, 3.8) is 0 Å². The molecule has 0 aromatic heterocycles. The number of rotatable bonds is 5. The summed E-state index contributed by atoms with van der Waals surface area (Å²) in [6, 6.07) is 5.18. The van der Waals surface area contributed by atoms with Gasteiger partial charge in [0.05, 0.1) is 18.8 Å². The molecule has 0 radical (unpaired) electrons. The summed E-state index contributed by atoms with van der Waals surface area (Å²) in [5, 5.41) is 3.05. The molecule has 0 spiro atoms. The van der Waals surface area contributed by atoms with Gasteiger partial charge in [0.15, 0.2) is 0 Å². The quantitative estimate of drug-likeness (QED) is 0.816. The van der Waals surface area contributed by atoms with Crippen molar-refractivity contribution in [1.82, 2.24) is 5.32 Å². The Bertz CT molecular complexity index is 528. The van der Waals surface area contributed by atoms with Gasteiger partial charge < -0.3 is 20.5 Å². The van der Waals surface area contributed by atoms with Gasteiger partial charge in [-0.25, -0.2) is 0 Å². The van der Waals surface area contributed by atoms with Crippen molar-refractivity contribution in [2.24, 2.45) is 5.41 Å². The minimum atomic E-state index is -0.150. The lowest BCUT2D eigenvalue weighted by Gasteiger charge is -2.51. The Morgan fingerprint density at radius 2 is 2.19 bits per heavy atom. The smallest absolute Gasteiger partial charge is 0.253 e. The van der Waals surface area contributed by atoms with Crippen LogP contribution < -0.4 is 15.8 Å². The molecule has 2 unspecified atom stereocenters. The first kappa shape index (κ1) is 15.6. The van der Waals surface area contributed by atoms with Crippen molar-refractivity contribution < 1.29 is 14.3 Å². The standard InChI is InChI=1S/C16H24N2O3/c1-5-21-14-9-13(16(14,2)3)18-15(19)11-7-6-10(20-4)8-12(11)17/h6-8,13-14H,5,9,17H2,1-4H3,(H,18,19). The van der Waals surface area contributed by atoms with Gasteiger partial charge in [0.25, 0.3) is 5.91 Å². The van der Waals surface area contributed by atoms with Crippen LogP contribution in [0.15, 0.2) is 18.2 Å². The van der Waals surface area contributed by atoms with E-state index in [1.807, 2.05) is 6.92 Å². The summed E-state index contributed by atoms with van der Waals surface area (Å²) in [6.07, 6.45) is 1.03. The first-order chi connectivity index (χ1) is 9.90. The SMILES string of the molecule is CCOC1CC(NC(=O)c2ccc(OC)cc2N)C1(C)C. The predicted molar refractivity (Wildman–Crippen MR) is 82.5 cm³/mol. The Morgan fingerprint density at radius 1 is 1.48 bits per heavy atom. The van der Waals surface area contributed by atoms with Gasteiger partial charge in [-0.05, 0) is 25.5 Å². The molecular formula is C16H24N2O3. The van der Waals surface area contributed by atoms with E-state index in [1.54, 1.807) is 25.3 Å². The Kier molecular flexibility index (Phi) is 4.42. The van der Waals surface area contributed by atoms with Crippen molar-refractivity contribution >= 4 is 11.6 Å². The van der Waals surface area contributed by atoms with Crippen LogP contribution in [0, 0.1) is 5.41 Å². The number of nitrogen functional groups attached to an aromatic ring is 1. The van der Waals surface area contributed by atoms with E-state index in [1.165, 1.54) is 0 Å². The zero-order valence-electron chi connectivity index (χ0n) is 13.1. The maximum Gasteiger partial charge on any atom is 0.253 e. The van der Waals surface area contributed by atoms with Gasteiger partial charge >= 0.3 is 0 Å². The van der Waals surface area contributed by atoms with Crippen molar-refractivity contribution in [3.8, 4) is 5.75 Å². The van der Waals surface area contributed by atoms with Gasteiger partial charge in [0, 0.05) is 29.8 Å². The fourth-order valence-electron chi connectivity index (χ4n) is 2.72. The normalized spacial score (nSPS) is 23.2. The lowest BCUT2D eigenvalue weighted by atomic mass is 9.64.